The van der Waals surface area contributed by atoms with Crippen molar-refractivity contribution in [2.75, 3.05) is 30.0 Å². The van der Waals surface area contributed by atoms with Gasteiger partial charge in [0.05, 0.1) is 30.4 Å². The Morgan fingerprint density at radius 2 is 1.64 bits per heavy atom. The number of aryl methyl sites for hydroxylation is 1. The van der Waals surface area contributed by atoms with E-state index < -0.39 is 0 Å². The summed E-state index contributed by atoms with van der Waals surface area (Å²) in [4.78, 5) is 16.9. The van der Waals surface area contributed by atoms with Crippen LogP contribution in [0.4, 0.5) is 11.4 Å². The monoisotopic (exact) mass is 467 g/mol. The van der Waals surface area contributed by atoms with E-state index >= 15 is 0 Å². The molecule has 1 N–H and O–H groups in total. The van der Waals surface area contributed by atoms with Gasteiger partial charge in [0.1, 0.15) is 5.75 Å². The van der Waals surface area contributed by atoms with Gasteiger partial charge in [-0.15, -0.1) is 0 Å². The van der Waals surface area contributed by atoms with E-state index in [2.05, 4.69) is 62.6 Å². The number of fused-ring (bicyclic) bond motifs is 1. The van der Waals surface area contributed by atoms with E-state index in [1.54, 1.807) is 7.11 Å². The molecule has 176 valence electrons. The summed E-state index contributed by atoms with van der Waals surface area (Å²) in [5.41, 5.74) is 6.73. The van der Waals surface area contributed by atoms with Crippen LogP contribution >= 0.6 is 11.3 Å². The Morgan fingerprint density at radius 1 is 1.00 bits per heavy atom. The van der Waals surface area contributed by atoms with Gasteiger partial charge in [-0.2, -0.15) is 0 Å². The van der Waals surface area contributed by atoms with E-state index in [0.29, 0.717) is 18.6 Å². The second-order valence-corrected chi connectivity index (χ2v) is 10.0. The number of thiazole rings is 1. The molecule has 0 saturated carbocycles. The minimum absolute atomic E-state index is 0.00585. The summed E-state index contributed by atoms with van der Waals surface area (Å²) in [6, 6.07) is 11.4. The maximum absolute atomic E-state index is 12.1. The van der Waals surface area contributed by atoms with Crippen molar-refractivity contribution in [1.82, 2.24) is 4.57 Å². The number of anilines is 2. The van der Waals surface area contributed by atoms with Gasteiger partial charge in [0.25, 0.3) is 0 Å². The third-order valence-electron chi connectivity index (χ3n) is 6.43. The predicted molar refractivity (Wildman–Crippen MR) is 137 cm³/mol. The Kier molecular flexibility index (Phi) is 6.43. The molecule has 1 aliphatic heterocycles. The summed E-state index contributed by atoms with van der Waals surface area (Å²) in [7, 11) is 1.68. The molecule has 0 amide bonds. The number of methoxy groups -OCH3 is 1. The highest BCUT2D eigenvalue weighted by Crippen LogP contribution is 2.43. The molecule has 33 heavy (non-hydrogen) atoms. The first-order valence-corrected chi connectivity index (χ1v) is 12.3. The Hall–Kier alpha value is -2.93. The average Bonchev–Trinajstić information content (AvgIpc) is 3.09. The van der Waals surface area contributed by atoms with Crippen LogP contribution in [0, 0.1) is 6.92 Å². The highest BCUT2D eigenvalue weighted by atomic mass is 32.1. The van der Waals surface area contributed by atoms with Crippen molar-refractivity contribution in [2.24, 2.45) is 0 Å². The summed E-state index contributed by atoms with van der Waals surface area (Å²) < 4.78 is 7.12. The van der Waals surface area contributed by atoms with Gasteiger partial charge in [0.15, 0.2) is 0 Å². The molecule has 0 aliphatic carbocycles. The van der Waals surface area contributed by atoms with Crippen LogP contribution in [0.1, 0.15) is 38.8 Å². The minimum Gasteiger partial charge on any atom is -0.496 e. The van der Waals surface area contributed by atoms with Crippen LogP contribution in [0.3, 0.4) is 0 Å². The quantitative estimate of drug-likeness (QED) is 0.547. The third-order valence-corrected chi connectivity index (χ3v) is 7.18. The van der Waals surface area contributed by atoms with Gasteiger partial charge in [-0.25, -0.2) is 0 Å². The smallest absolute Gasteiger partial charge is 0.310 e. The molecule has 7 heteroatoms. The highest BCUT2D eigenvalue weighted by Gasteiger charge is 2.27. The standard InChI is InChI=1S/C26H33N3O3S/c1-16(2)27-9-10-28(17(3)4)23-13-20(18(5)11-22(23)27)21-12-19(7-8-24(21)32-6)14-29-25(30)15-33-26(29)31/h7-8,11-13,15-17,30H,9-10,14H2,1-6H3. The Morgan fingerprint density at radius 3 is 2.18 bits per heavy atom. The fourth-order valence-corrected chi connectivity index (χ4v) is 5.30. The molecular formula is C26H33N3O3S. The zero-order valence-corrected chi connectivity index (χ0v) is 21.1. The minimum atomic E-state index is -0.170. The van der Waals surface area contributed by atoms with Crippen LogP contribution in [0.5, 0.6) is 11.6 Å². The first kappa shape index (κ1) is 23.2. The molecule has 6 nitrogen and oxygen atoms in total. The largest absolute Gasteiger partial charge is 0.496 e. The maximum atomic E-state index is 12.1. The van der Waals surface area contributed by atoms with Crippen LogP contribution in [0.25, 0.3) is 11.1 Å². The number of hydrogen-bond acceptors (Lipinski definition) is 6. The lowest BCUT2D eigenvalue weighted by atomic mass is 9.94. The van der Waals surface area contributed by atoms with Crippen molar-refractivity contribution in [2.45, 2.75) is 53.2 Å². The van der Waals surface area contributed by atoms with Crippen LogP contribution in [0.2, 0.25) is 0 Å². The van der Waals surface area contributed by atoms with Gasteiger partial charge < -0.3 is 19.6 Å². The number of ether oxygens (including phenoxy) is 1. The number of aromatic nitrogens is 1. The normalized spacial score (nSPS) is 13.7. The first-order valence-electron chi connectivity index (χ1n) is 11.4. The molecule has 0 fully saturated rings. The molecule has 2 heterocycles. The lowest BCUT2D eigenvalue weighted by Gasteiger charge is -2.43. The summed E-state index contributed by atoms with van der Waals surface area (Å²) in [6.45, 7) is 13.4. The van der Waals surface area contributed by atoms with Gasteiger partial charge in [-0.1, -0.05) is 17.4 Å². The lowest BCUT2D eigenvalue weighted by molar-refractivity contribution is 0.415. The molecule has 0 unspecified atom stereocenters. The maximum Gasteiger partial charge on any atom is 0.310 e. The molecule has 4 rings (SSSR count). The lowest BCUT2D eigenvalue weighted by Crippen LogP contribution is -2.46. The average molecular weight is 468 g/mol. The van der Waals surface area contributed by atoms with Crippen LogP contribution in [0.15, 0.2) is 40.5 Å². The Labute approximate surface area is 199 Å². The second kappa shape index (κ2) is 9.14. The fraction of sp³-hybridized carbons (Fsp3) is 0.423. The molecule has 1 aliphatic rings. The van der Waals surface area contributed by atoms with Crippen molar-refractivity contribution in [3.8, 4) is 22.8 Å². The number of hydrogen-bond donors (Lipinski definition) is 1. The zero-order chi connectivity index (χ0) is 23.9. The van der Waals surface area contributed by atoms with Crippen LogP contribution in [-0.4, -0.2) is 42.0 Å². The summed E-state index contributed by atoms with van der Waals surface area (Å²) in [5.74, 6) is 0.782. The molecule has 0 atom stereocenters. The molecule has 3 aromatic rings. The third kappa shape index (κ3) is 4.34. The van der Waals surface area contributed by atoms with Crippen molar-refractivity contribution in [1.29, 1.82) is 0 Å². The molecule has 0 saturated heterocycles. The number of benzene rings is 2. The van der Waals surface area contributed by atoms with Crippen LogP contribution < -0.4 is 19.4 Å². The molecular weight excluding hydrogens is 434 g/mol. The van der Waals surface area contributed by atoms with Gasteiger partial charge in [-0.3, -0.25) is 9.36 Å². The Balaban J connectivity index is 1.84. The number of nitrogens with zero attached hydrogens (tertiary/aromatic N) is 3. The van der Waals surface area contributed by atoms with E-state index in [-0.39, 0.29) is 10.8 Å². The van der Waals surface area contributed by atoms with E-state index in [0.717, 1.165) is 46.9 Å². The fourth-order valence-electron chi connectivity index (χ4n) is 4.68. The zero-order valence-electron chi connectivity index (χ0n) is 20.3. The summed E-state index contributed by atoms with van der Waals surface area (Å²) in [5, 5.41) is 11.5. The SMILES string of the molecule is COc1ccc(Cn2c(O)csc2=O)cc1-c1cc2c(cc1C)N(C(C)C)CCN2C(C)C. The van der Waals surface area contributed by atoms with Crippen molar-refractivity contribution < 1.29 is 9.84 Å². The van der Waals surface area contributed by atoms with E-state index in [4.69, 9.17) is 4.74 Å². The van der Waals surface area contributed by atoms with Crippen LogP contribution in [-0.2, 0) is 6.54 Å². The summed E-state index contributed by atoms with van der Waals surface area (Å²) in [6.07, 6.45) is 0. The van der Waals surface area contributed by atoms with Crippen molar-refractivity contribution in [3.05, 3.63) is 56.5 Å². The second-order valence-electron chi connectivity index (χ2n) is 9.21. The number of rotatable bonds is 6. The highest BCUT2D eigenvalue weighted by molar-refractivity contribution is 7.07. The molecule has 0 spiro atoms. The van der Waals surface area contributed by atoms with Crippen molar-refractivity contribution in [3.63, 3.8) is 0 Å². The van der Waals surface area contributed by atoms with Gasteiger partial charge in [0, 0.05) is 30.7 Å². The number of aromatic hydroxyl groups is 1. The van der Waals surface area contributed by atoms with E-state index in [1.165, 1.54) is 26.9 Å². The molecule has 0 radical (unpaired) electrons. The molecule has 2 aromatic carbocycles. The first-order chi connectivity index (χ1) is 15.7. The van der Waals surface area contributed by atoms with Gasteiger partial charge in [-0.05, 0) is 75.6 Å². The van der Waals surface area contributed by atoms with Gasteiger partial charge >= 0.3 is 4.87 Å². The summed E-state index contributed by atoms with van der Waals surface area (Å²) >= 11 is 1.00. The van der Waals surface area contributed by atoms with Gasteiger partial charge in [0.2, 0.25) is 5.88 Å². The van der Waals surface area contributed by atoms with Crippen molar-refractivity contribution >= 4 is 22.7 Å². The van der Waals surface area contributed by atoms with E-state index in [1.807, 2.05) is 12.1 Å². The molecule has 0 bridgehead atoms. The topological polar surface area (TPSA) is 57.9 Å². The Bertz CT molecular complexity index is 1210. The van der Waals surface area contributed by atoms with E-state index in [9.17, 15) is 9.90 Å². The predicted octanol–water partition coefficient (Wildman–Crippen LogP) is 5.09. The molecule has 1 aromatic heterocycles.